The molecule has 1 aliphatic rings. The summed E-state index contributed by atoms with van der Waals surface area (Å²) in [4.78, 5) is 8.87. The van der Waals surface area contributed by atoms with E-state index in [1.54, 1.807) is 0 Å². The van der Waals surface area contributed by atoms with Crippen LogP contribution in [0, 0.1) is 12.3 Å². The first-order chi connectivity index (χ1) is 11.8. The van der Waals surface area contributed by atoms with Crippen molar-refractivity contribution in [2.75, 3.05) is 13.1 Å². The number of terminal acetylenes is 1. The van der Waals surface area contributed by atoms with Crippen molar-refractivity contribution < 1.29 is 4.52 Å². The molecule has 0 bridgehead atoms. The Balaban J connectivity index is 1.59. The topological polar surface area (TPSA) is 63.3 Å². The Kier molecular flexibility index (Phi) is 3.56. The lowest BCUT2D eigenvalue weighted by molar-refractivity contribution is 0.432. The first kappa shape index (κ1) is 14.2. The van der Waals surface area contributed by atoms with Gasteiger partial charge in [-0.3, -0.25) is 4.99 Å². The number of hydrogen-bond acceptors (Lipinski definition) is 5. The maximum atomic E-state index is 5.36. The summed E-state index contributed by atoms with van der Waals surface area (Å²) in [6.45, 7) is 1.72. The SMILES string of the molecule is C#Cc1ccc(-c2nc(-c3ccc(C4=NCCN4)cc3)no2)cc1. The zero-order valence-corrected chi connectivity index (χ0v) is 12.9. The summed E-state index contributed by atoms with van der Waals surface area (Å²) in [6, 6.07) is 15.4. The largest absolute Gasteiger partial charge is 0.368 e. The number of aromatic nitrogens is 2. The standard InChI is InChI=1S/C19H14N4O/c1-2-13-3-5-16(6-4-13)19-22-18(23-24-19)15-9-7-14(8-10-15)17-20-11-12-21-17/h1,3-10H,11-12H2,(H,20,21). The summed E-state index contributed by atoms with van der Waals surface area (Å²) in [5.41, 5.74) is 3.61. The number of rotatable bonds is 3. The summed E-state index contributed by atoms with van der Waals surface area (Å²) in [5.74, 6) is 4.54. The lowest BCUT2D eigenvalue weighted by atomic mass is 10.1. The zero-order chi connectivity index (χ0) is 16.4. The fraction of sp³-hybridized carbons (Fsp3) is 0.105. The van der Waals surface area contributed by atoms with Gasteiger partial charge in [0.2, 0.25) is 5.82 Å². The van der Waals surface area contributed by atoms with Crippen LogP contribution in [-0.4, -0.2) is 29.1 Å². The van der Waals surface area contributed by atoms with Gasteiger partial charge in [0.1, 0.15) is 5.84 Å². The lowest BCUT2D eigenvalue weighted by Gasteiger charge is -2.02. The fourth-order valence-electron chi connectivity index (χ4n) is 2.54. The van der Waals surface area contributed by atoms with Gasteiger partial charge in [-0.1, -0.05) is 35.3 Å². The maximum absolute atomic E-state index is 5.36. The van der Waals surface area contributed by atoms with Crippen molar-refractivity contribution in [3.63, 3.8) is 0 Å². The van der Waals surface area contributed by atoms with E-state index in [1.807, 2.05) is 48.5 Å². The van der Waals surface area contributed by atoms with E-state index in [-0.39, 0.29) is 0 Å². The Labute approximate surface area is 139 Å². The van der Waals surface area contributed by atoms with E-state index in [0.717, 1.165) is 41.2 Å². The van der Waals surface area contributed by atoms with E-state index >= 15 is 0 Å². The minimum atomic E-state index is 0.472. The first-order valence-electron chi connectivity index (χ1n) is 7.63. The smallest absolute Gasteiger partial charge is 0.258 e. The molecule has 0 spiro atoms. The molecule has 0 fully saturated rings. The van der Waals surface area contributed by atoms with Crippen LogP contribution < -0.4 is 5.32 Å². The third-order valence-electron chi connectivity index (χ3n) is 3.82. The van der Waals surface area contributed by atoms with E-state index < -0.39 is 0 Å². The van der Waals surface area contributed by atoms with Gasteiger partial charge in [0, 0.05) is 28.8 Å². The molecular weight excluding hydrogens is 300 g/mol. The van der Waals surface area contributed by atoms with Gasteiger partial charge in [-0.15, -0.1) is 6.42 Å². The average Bonchev–Trinajstić information content (AvgIpc) is 3.34. The minimum Gasteiger partial charge on any atom is -0.368 e. The summed E-state index contributed by atoms with van der Waals surface area (Å²) < 4.78 is 5.36. The molecule has 116 valence electrons. The molecule has 5 heteroatoms. The molecule has 0 amide bonds. The van der Waals surface area contributed by atoms with E-state index in [0.29, 0.717) is 11.7 Å². The van der Waals surface area contributed by atoms with Crippen LogP contribution in [-0.2, 0) is 0 Å². The molecule has 3 aromatic rings. The van der Waals surface area contributed by atoms with Crippen LogP contribution in [0.25, 0.3) is 22.8 Å². The normalized spacial score (nSPS) is 13.2. The molecule has 0 radical (unpaired) electrons. The summed E-state index contributed by atoms with van der Waals surface area (Å²) >= 11 is 0. The molecule has 0 atom stereocenters. The number of benzene rings is 2. The number of nitrogens with zero attached hydrogens (tertiary/aromatic N) is 3. The highest BCUT2D eigenvalue weighted by molar-refractivity contribution is 6.00. The third-order valence-corrected chi connectivity index (χ3v) is 3.82. The van der Waals surface area contributed by atoms with Gasteiger partial charge in [0.05, 0.1) is 6.54 Å². The fourth-order valence-corrected chi connectivity index (χ4v) is 2.54. The molecular formula is C19H14N4O. The van der Waals surface area contributed by atoms with E-state index in [2.05, 4.69) is 26.4 Å². The molecule has 0 unspecified atom stereocenters. The molecule has 0 saturated carbocycles. The van der Waals surface area contributed by atoms with Crippen LogP contribution in [0.1, 0.15) is 11.1 Å². The number of hydrogen-bond donors (Lipinski definition) is 1. The van der Waals surface area contributed by atoms with Crippen LogP contribution >= 0.6 is 0 Å². The van der Waals surface area contributed by atoms with Gasteiger partial charge in [0.25, 0.3) is 5.89 Å². The molecule has 0 aliphatic carbocycles. The van der Waals surface area contributed by atoms with Crippen molar-refractivity contribution in [1.29, 1.82) is 0 Å². The average molecular weight is 314 g/mol. The predicted octanol–water partition coefficient (Wildman–Crippen LogP) is 2.73. The predicted molar refractivity (Wildman–Crippen MR) is 92.5 cm³/mol. The van der Waals surface area contributed by atoms with Crippen LogP contribution in [0.3, 0.4) is 0 Å². The van der Waals surface area contributed by atoms with Gasteiger partial charge in [-0.05, 0) is 24.3 Å². The molecule has 4 rings (SSSR count). The van der Waals surface area contributed by atoms with Gasteiger partial charge < -0.3 is 9.84 Å². The molecule has 5 nitrogen and oxygen atoms in total. The Morgan fingerprint density at radius 1 is 0.958 bits per heavy atom. The molecule has 24 heavy (non-hydrogen) atoms. The van der Waals surface area contributed by atoms with Crippen molar-refractivity contribution in [2.45, 2.75) is 0 Å². The molecule has 0 saturated heterocycles. The Hall–Kier alpha value is -3.39. The second-order valence-corrected chi connectivity index (χ2v) is 5.38. The number of amidine groups is 1. The van der Waals surface area contributed by atoms with Crippen molar-refractivity contribution in [1.82, 2.24) is 15.5 Å². The summed E-state index contributed by atoms with van der Waals surface area (Å²) in [5, 5.41) is 7.31. The maximum Gasteiger partial charge on any atom is 0.258 e. The second kappa shape index (κ2) is 6.01. The third kappa shape index (κ3) is 2.66. The molecule has 2 aromatic carbocycles. The van der Waals surface area contributed by atoms with Crippen molar-refractivity contribution in [2.24, 2.45) is 4.99 Å². The van der Waals surface area contributed by atoms with Gasteiger partial charge in [0.15, 0.2) is 0 Å². The van der Waals surface area contributed by atoms with Crippen molar-refractivity contribution in [3.8, 4) is 35.2 Å². The van der Waals surface area contributed by atoms with Crippen molar-refractivity contribution in [3.05, 3.63) is 59.7 Å². The lowest BCUT2D eigenvalue weighted by Crippen LogP contribution is -2.19. The van der Waals surface area contributed by atoms with Crippen LogP contribution in [0.15, 0.2) is 58.0 Å². The summed E-state index contributed by atoms with van der Waals surface area (Å²) in [7, 11) is 0. The van der Waals surface area contributed by atoms with Gasteiger partial charge >= 0.3 is 0 Å². The number of aliphatic imine (C=N–C) groups is 1. The highest BCUT2D eigenvalue weighted by atomic mass is 16.5. The van der Waals surface area contributed by atoms with Crippen LogP contribution in [0.4, 0.5) is 0 Å². The number of nitrogens with one attached hydrogen (secondary N) is 1. The van der Waals surface area contributed by atoms with E-state index in [1.165, 1.54) is 0 Å². The first-order valence-corrected chi connectivity index (χ1v) is 7.63. The van der Waals surface area contributed by atoms with Crippen LogP contribution in [0.5, 0.6) is 0 Å². The van der Waals surface area contributed by atoms with E-state index in [9.17, 15) is 0 Å². The van der Waals surface area contributed by atoms with Gasteiger partial charge in [-0.2, -0.15) is 4.98 Å². The Morgan fingerprint density at radius 2 is 1.67 bits per heavy atom. The molecule has 1 N–H and O–H groups in total. The highest BCUT2D eigenvalue weighted by Crippen LogP contribution is 2.23. The van der Waals surface area contributed by atoms with E-state index in [4.69, 9.17) is 10.9 Å². The minimum absolute atomic E-state index is 0.472. The quantitative estimate of drug-likeness (QED) is 0.755. The Bertz CT molecular complexity index is 931. The monoisotopic (exact) mass is 314 g/mol. The highest BCUT2D eigenvalue weighted by Gasteiger charge is 2.12. The second-order valence-electron chi connectivity index (χ2n) is 5.38. The molecule has 1 aromatic heterocycles. The van der Waals surface area contributed by atoms with Crippen LogP contribution in [0.2, 0.25) is 0 Å². The molecule has 1 aliphatic heterocycles. The molecule has 2 heterocycles. The Morgan fingerprint density at radius 3 is 2.33 bits per heavy atom. The zero-order valence-electron chi connectivity index (χ0n) is 12.9. The van der Waals surface area contributed by atoms with Crippen molar-refractivity contribution >= 4 is 5.84 Å². The van der Waals surface area contributed by atoms with Gasteiger partial charge in [-0.25, -0.2) is 0 Å². The summed E-state index contributed by atoms with van der Waals surface area (Å²) in [6.07, 6.45) is 5.36.